The Kier molecular flexibility index (Phi) is 3.78. The number of nitrogens with two attached hydrogens (primary N) is 1. The summed E-state index contributed by atoms with van der Waals surface area (Å²) in [4.78, 5) is 13.4. The SMILES string of the molecule is CC(=O)N1C2CCC1CC(CN)C2.Cl. The third-order valence-electron chi connectivity index (χ3n) is 3.53. The topological polar surface area (TPSA) is 46.3 Å². The molecular weight excluding hydrogens is 200 g/mol. The summed E-state index contributed by atoms with van der Waals surface area (Å²) in [6.45, 7) is 2.48. The zero-order chi connectivity index (χ0) is 9.42. The fourth-order valence-corrected chi connectivity index (χ4v) is 3.00. The van der Waals surface area contributed by atoms with Gasteiger partial charge in [-0.25, -0.2) is 0 Å². The van der Waals surface area contributed by atoms with E-state index in [9.17, 15) is 4.79 Å². The van der Waals surface area contributed by atoms with Crippen LogP contribution in [0.25, 0.3) is 0 Å². The van der Waals surface area contributed by atoms with Crippen LogP contribution in [-0.4, -0.2) is 29.4 Å². The highest BCUT2D eigenvalue weighted by Gasteiger charge is 2.41. The van der Waals surface area contributed by atoms with Gasteiger partial charge in [-0.3, -0.25) is 4.79 Å². The van der Waals surface area contributed by atoms with E-state index in [4.69, 9.17) is 5.73 Å². The maximum Gasteiger partial charge on any atom is 0.219 e. The molecule has 2 fully saturated rings. The number of hydrogen-bond acceptors (Lipinski definition) is 2. The number of amides is 1. The molecule has 2 N–H and O–H groups in total. The quantitative estimate of drug-likeness (QED) is 0.718. The molecule has 4 heteroatoms. The number of hydrogen-bond donors (Lipinski definition) is 1. The van der Waals surface area contributed by atoms with E-state index in [1.54, 1.807) is 6.92 Å². The van der Waals surface area contributed by atoms with Gasteiger partial charge in [0, 0.05) is 19.0 Å². The minimum absolute atomic E-state index is 0. The van der Waals surface area contributed by atoms with Crippen molar-refractivity contribution in [2.24, 2.45) is 11.7 Å². The Morgan fingerprint density at radius 3 is 2.21 bits per heavy atom. The van der Waals surface area contributed by atoms with Gasteiger partial charge in [-0.2, -0.15) is 0 Å². The zero-order valence-electron chi connectivity index (χ0n) is 8.61. The van der Waals surface area contributed by atoms with Gasteiger partial charge >= 0.3 is 0 Å². The van der Waals surface area contributed by atoms with Crippen LogP contribution in [0.5, 0.6) is 0 Å². The zero-order valence-corrected chi connectivity index (χ0v) is 9.43. The minimum Gasteiger partial charge on any atom is -0.337 e. The van der Waals surface area contributed by atoms with Crippen molar-refractivity contribution in [3.05, 3.63) is 0 Å². The average molecular weight is 219 g/mol. The maximum atomic E-state index is 11.3. The van der Waals surface area contributed by atoms with Crippen LogP contribution in [0, 0.1) is 5.92 Å². The van der Waals surface area contributed by atoms with Crippen LogP contribution in [0.3, 0.4) is 0 Å². The van der Waals surface area contributed by atoms with Crippen LogP contribution in [-0.2, 0) is 4.79 Å². The number of halogens is 1. The molecule has 2 bridgehead atoms. The highest BCUT2D eigenvalue weighted by atomic mass is 35.5. The maximum absolute atomic E-state index is 11.3. The summed E-state index contributed by atoms with van der Waals surface area (Å²) in [5.74, 6) is 0.913. The first-order valence-electron chi connectivity index (χ1n) is 5.21. The molecule has 0 aromatic heterocycles. The molecule has 0 aliphatic carbocycles. The summed E-state index contributed by atoms with van der Waals surface area (Å²) < 4.78 is 0. The van der Waals surface area contributed by atoms with Crippen LogP contribution >= 0.6 is 12.4 Å². The summed E-state index contributed by atoms with van der Waals surface area (Å²) in [5.41, 5.74) is 5.67. The van der Waals surface area contributed by atoms with Crippen molar-refractivity contribution >= 4 is 18.3 Å². The Balaban J connectivity index is 0.000000980. The summed E-state index contributed by atoms with van der Waals surface area (Å²) in [6.07, 6.45) is 4.65. The third kappa shape index (κ3) is 1.89. The molecule has 14 heavy (non-hydrogen) atoms. The molecule has 2 saturated heterocycles. The molecule has 2 heterocycles. The Bertz CT molecular complexity index is 208. The second-order valence-corrected chi connectivity index (χ2v) is 4.38. The highest BCUT2D eigenvalue weighted by molar-refractivity contribution is 5.85. The van der Waals surface area contributed by atoms with Crippen LogP contribution in [0.15, 0.2) is 0 Å². The van der Waals surface area contributed by atoms with Crippen molar-refractivity contribution in [1.82, 2.24) is 4.90 Å². The van der Waals surface area contributed by atoms with Crippen molar-refractivity contribution in [3.8, 4) is 0 Å². The molecule has 0 aromatic carbocycles. The van der Waals surface area contributed by atoms with E-state index in [1.807, 2.05) is 0 Å². The van der Waals surface area contributed by atoms with E-state index in [-0.39, 0.29) is 18.3 Å². The van der Waals surface area contributed by atoms with Crippen molar-refractivity contribution in [1.29, 1.82) is 0 Å². The van der Waals surface area contributed by atoms with E-state index in [0.29, 0.717) is 18.0 Å². The van der Waals surface area contributed by atoms with Crippen LogP contribution in [0.4, 0.5) is 0 Å². The molecule has 2 atom stereocenters. The molecule has 0 radical (unpaired) electrons. The molecule has 0 spiro atoms. The van der Waals surface area contributed by atoms with Crippen LogP contribution < -0.4 is 5.73 Å². The predicted octanol–water partition coefficient (Wildman–Crippen LogP) is 1.16. The summed E-state index contributed by atoms with van der Waals surface area (Å²) in [7, 11) is 0. The van der Waals surface area contributed by atoms with Gasteiger partial charge < -0.3 is 10.6 Å². The Morgan fingerprint density at radius 2 is 1.86 bits per heavy atom. The molecule has 2 aliphatic rings. The van der Waals surface area contributed by atoms with Crippen molar-refractivity contribution in [3.63, 3.8) is 0 Å². The lowest BCUT2D eigenvalue weighted by Gasteiger charge is -2.38. The summed E-state index contributed by atoms with van der Waals surface area (Å²) in [5, 5.41) is 0. The average Bonchev–Trinajstić information content (AvgIpc) is 2.37. The Morgan fingerprint density at radius 1 is 1.36 bits per heavy atom. The number of piperidine rings is 1. The van der Waals surface area contributed by atoms with Crippen LogP contribution in [0.2, 0.25) is 0 Å². The summed E-state index contributed by atoms with van der Waals surface area (Å²) in [6, 6.07) is 1.01. The summed E-state index contributed by atoms with van der Waals surface area (Å²) >= 11 is 0. The molecule has 0 saturated carbocycles. The van der Waals surface area contributed by atoms with E-state index < -0.39 is 0 Å². The molecule has 0 aromatic rings. The molecular formula is C10H19ClN2O. The van der Waals surface area contributed by atoms with Gasteiger partial charge in [0.25, 0.3) is 0 Å². The van der Waals surface area contributed by atoms with Crippen LogP contribution in [0.1, 0.15) is 32.6 Å². The normalized spacial score (nSPS) is 35.3. The molecule has 2 aliphatic heterocycles. The fourth-order valence-electron chi connectivity index (χ4n) is 3.00. The number of nitrogens with zero attached hydrogens (tertiary/aromatic N) is 1. The Labute approximate surface area is 91.4 Å². The molecule has 1 amide bonds. The van der Waals surface area contributed by atoms with Crippen molar-refractivity contribution < 1.29 is 4.79 Å². The first-order valence-corrected chi connectivity index (χ1v) is 5.21. The number of carbonyl (C=O) groups is 1. The lowest BCUT2D eigenvalue weighted by molar-refractivity contribution is -0.133. The van der Waals surface area contributed by atoms with Gasteiger partial charge in [0.2, 0.25) is 5.91 Å². The van der Waals surface area contributed by atoms with E-state index >= 15 is 0 Å². The van der Waals surface area contributed by atoms with E-state index in [1.165, 1.54) is 12.8 Å². The predicted molar refractivity (Wildman–Crippen MR) is 58.4 cm³/mol. The molecule has 3 nitrogen and oxygen atoms in total. The second-order valence-electron chi connectivity index (χ2n) is 4.38. The van der Waals surface area contributed by atoms with Crippen molar-refractivity contribution in [2.45, 2.75) is 44.7 Å². The largest absolute Gasteiger partial charge is 0.337 e. The van der Waals surface area contributed by atoms with Gasteiger partial charge in [0.05, 0.1) is 0 Å². The lowest BCUT2D eigenvalue weighted by Crippen LogP contribution is -2.46. The van der Waals surface area contributed by atoms with Gasteiger partial charge in [0.1, 0.15) is 0 Å². The van der Waals surface area contributed by atoms with Gasteiger partial charge in [-0.05, 0) is 38.1 Å². The number of rotatable bonds is 1. The lowest BCUT2D eigenvalue weighted by atomic mass is 9.91. The van der Waals surface area contributed by atoms with Gasteiger partial charge in [-0.15, -0.1) is 12.4 Å². The molecule has 2 unspecified atom stereocenters. The molecule has 82 valence electrons. The Hall–Kier alpha value is -0.280. The number of fused-ring (bicyclic) bond motifs is 2. The minimum atomic E-state index is 0. The fraction of sp³-hybridized carbons (Fsp3) is 0.900. The highest BCUT2D eigenvalue weighted by Crippen LogP contribution is 2.38. The third-order valence-corrected chi connectivity index (χ3v) is 3.53. The standard InChI is InChI=1S/C10H18N2O.ClH/c1-7(13)12-9-2-3-10(12)5-8(4-9)6-11;/h8-10H,2-6,11H2,1H3;1H. The second kappa shape index (κ2) is 4.49. The smallest absolute Gasteiger partial charge is 0.219 e. The first-order chi connectivity index (χ1) is 6.22. The van der Waals surface area contributed by atoms with Gasteiger partial charge in [0.15, 0.2) is 0 Å². The first kappa shape index (κ1) is 11.8. The van der Waals surface area contributed by atoms with E-state index in [0.717, 1.165) is 19.4 Å². The van der Waals surface area contributed by atoms with Gasteiger partial charge in [-0.1, -0.05) is 0 Å². The number of carbonyl (C=O) groups excluding carboxylic acids is 1. The molecule has 2 rings (SSSR count). The van der Waals surface area contributed by atoms with E-state index in [2.05, 4.69) is 4.90 Å². The monoisotopic (exact) mass is 218 g/mol. The van der Waals surface area contributed by atoms with Crippen molar-refractivity contribution in [2.75, 3.05) is 6.54 Å².